The van der Waals surface area contributed by atoms with Crippen LogP contribution >= 0.6 is 11.5 Å². The minimum atomic E-state index is -1.07. The Hall–Kier alpha value is -2.03. The van der Waals surface area contributed by atoms with Crippen LogP contribution < -0.4 is 5.32 Å². The molecule has 0 unspecified atom stereocenters. The lowest BCUT2D eigenvalue weighted by Crippen LogP contribution is -2.27. The highest BCUT2D eigenvalue weighted by Crippen LogP contribution is 2.14. The minimum absolute atomic E-state index is 0.0569. The zero-order valence-electron chi connectivity index (χ0n) is 10.8. The number of hydrogen-bond acceptors (Lipinski definition) is 8. The normalized spacial score (nSPS) is 10.7. The van der Waals surface area contributed by atoms with Gasteiger partial charge in [-0.2, -0.15) is 9.36 Å². The summed E-state index contributed by atoms with van der Waals surface area (Å²) in [6.07, 6.45) is -0.722. The molecular weight excluding hydrogens is 274 g/mol. The van der Waals surface area contributed by atoms with Crippen molar-refractivity contribution in [2.75, 3.05) is 12.4 Å². The van der Waals surface area contributed by atoms with Crippen LogP contribution in [0, 0.1) is 0 Å². The molecule has 0 aliphatic heterocycles. The van der Waals surface area contributed by atoms with E-state index in [1.54, 1.807) is 20.8 Å². The highest BCUT2D eigenvalue weighted by Gasteiger charge is 2.23. The molecule has 0 radical (unpaired) electrons. The van der Waals surface area contributed by atoms with Crippen molar-refractivity contribution in [1.29, 1.82) is 0 Å². The van der Waals surface area contributed by atoms with E-state index in [4.69, 9.17) is 4.74 Å². The van der Waals surface area contributed by atoms with Gasteiger partial charge >= 0.3 is 17.8 Å². The lowest BCUT2D eigenvalue weighted by molar-refractivity contribution is -0.135. The number of nitrogens with one attached hydrogen (secondary N) is 1. The summed E-state index contributed by atoms with van der Waals surface area (Å²) in [5.41, 5.74) is -0.653. The van der Waals surface area contributed by atoms with Gasteiger partial charge in [-0.1, -0.05) is 0 Å². The molecule has 0 atom stereocenters. The first-order chi connectivity index (χ1) is 8.73. The van der Waals surface area contributed by atoms with E-state index in [-0.39, 0.29) is 11.0 Å². The average molecular weight is 287 g/mol. The van der Waals surface area contributed by atoms with Crippen molar-refractivity contribution in [3.05, 3.63) is 5.82 Å². The Labute approximate surface area is 113 Å². The van der Waals surface area contributed by atoms with Gasteiger partial charge < -0.3 is 9.47 Å². The van der Waals surface area contributed by atoms with Gasteiger partial charge in [0.2, 0.25) is 11.0 Å². The maximum atomic E-state index is 11.4. The first-order valence-corrected chi connectivity index (χ1v) is 5.96. The Balaban J connectivity index is 2.68. The molecular formula is C10H13N3O5S. The molecule has 1 heterocycles. The summed E-state index contributed by atoms with van der Waals surface area (Å²) < 4.78 is 12.9. The third kappa shape index (κ3) is 4.62. The molecule has 0 bridgehead atoms. The van der Waals surface area contributed by atoms with E-state index in [9.17, 15) is 14.4 Å². The van der Waals surface area contributed by atoms with Crippen LogP contribution in [0.5, 0.6) is 0 Å². The van der Waals surface area contributed by atoms with Crippen molar-refractivity contribution in [2.24, 2.45) is 0 Å². The van der Waals surface area contributed by atoms with E-state index < -0.39 is 23.4 Å². The number of hydrogen-bond donors (Lipinski definition) is 1. The highest BCUT2D eigenvalue weighted by molar-refractivity contribution is 7.10. The molecule has 1 rings (SSSR count). The molecule has 9 heteroatoms. The predicted octanol–water partition coefficient (Wildman–Crippen LogP) is 1.24. The van der Waals surface area contributed by atoms with Gasteiger partial charge in [-0.3, -0.25) is 10.1 Å². The summed E-state index contributed by atoms with van der Waals surface area (Å²) in [7, 11) is 1.08. The lowest BCUT2D eigenvalue weighted by Gasteiger charge is -2.18. The second-order valence-electron chi connectivity index (χ2n) is 4.37. The van der Waals surface area contributed by atoms with Crippen LogP contribution in [0.25, 0.3) is 0 Å². The Kier molecular flexibility index (Phi) is 4.54. The third-order valence-electron chi connectivity index (χ3n) is 1.61. The Morgan fingerprint density at radius 1 is 1.26 bits per heavy atom. The van der Waals surface area contributed by atoms with E-state index in [0.29, 0.717) is 0 Å². The van der Waals surface area contributed by atoms with Crippen molar-refractivity contribution in [3.63, 3.8) is 0 Å². The van der Waals surface area contributed by atoms with Crippen molar-refractivity contribution >= 4 is 34.5 Å². The molecule has 0 aromatic carbocycles. The molecule has 104 valence electrons. The Morgan fingerprint density at radius 2 is 1.89 bits per heavy atom. The number of nitrogens with zero attached hydrogens (tertiary/aromatic N) is 2. The van der Waals surface area contributed by atoms with Crippen molar-refractivity contribution < 1.29 is 23.9 Å². The second kappa shape index (κ2) is 5.74. The number of aromatic nitrogens is 2. The third-order valence-corrected chi connectivity index (χ3v) is 2.24. The van der Waals surface area contributed by atoms with Crippen molar-refractivity contribution in [2.45, 2.75) is 26.4 Å². The van der Waals surface area contributed by atoms with Crippen LogP contribution in [0.1, 0.15) is 31.4 Å². The Morgan fingerprint density at radius 3 is 2.42 bits per heavy atom. The molecule has 0 aliphatic carbocycles. The van der Waals surface area contributed by atoms with E-state index in [2.05, 4.69) is 19.4 Å². The van der Waals surface area contributed by atoms with Crippen LogP contribution in [0.4, 0.5) is 9.93 Å². The number of carbonyl (C=O) groups is 3. The van der Waals surface area contributed by atoms with Gasteiger partial charge in [0.15, 0.2) is 0 Å². The maximum absolute atomic E-state index is 11.4. The summed E-state index contributed by atoms with van der Waals surface area (Å²) in [4.78, 5) is 37.5. The number of carbonyl (C=O) groups excluding carboxylic acids is 3. The number of methoxy groups -OCH3 is 1. The lowest BCUT2D eigenvalue weighted by atomic mass is 10.2. The molecule has 0 aliphatic rings. The fraction of sp³-hybridized carbons (Fsp3) is 0.500. The van der Waals surface area contributed by atoms with Crippen molar-refractivity contribution in [1.82, 2.24) is 9.36 Å². The monoisotopic (exact) mass is 287 g/mol. The van der Waals surface area contributed by atoms with E-state index in [1.165, 1.54) is 0 Å². The van der Waals surface area contributed by atoms with Gasteiger partial charge in [0, 0.05) is 11.5 Å². The second-order valence-corrected chi connectivity index (χ2v) is 5.12. The molecule has 0 saturated heterocycles. The van der Waals surface area contributed by atoms with Crippen LogP contribution in [0.15, 0.2) is 0 Å². The molecule has 1 aromatic rings. The number of Topliss-reactive ketones (excluding diaryl/α,β-unsaturated/α-hetero) is 1. The number of ketones is 1. The van der Waals surface area contributed by atoms with Gasteiger partial charge in [-0.05, 0) is 20.8 Å². The summed E-state index contributed by atoms with van der Waals surface area (Å²) in [5.74, 6) is -2.37. The zero-order chi connectivity index (χ0) is 14.6. The summed E-state index contributed by atoms with van der Waals surface area (Å²) >= 11 is 0.758. The van der Waals surface area contributed by atoms with Gasteiger partial charge in [-0.25, -0.2) is 9.59 Å². The number of esters is 1. The van der Waals surface area contributed by atoms with E-state index in [0.717, 1.165) is 18.6 Å². The first-order valence-electron chi connectivity index (χ1n) is 5.19. The average Bonchev–Trinajstić information content (AvgIpc) is 2.72. The highest BCUT2D eigenvalue weighted by atomic mass is 32.1. The van der Waals surface area contributed by atoms with Gasteiger partial charge in [-0.15, -0.1) is 0 Å². The first kappa shape index (κ1) is 15.0. The van der Waals surface area contributed by atoms with E-state index >= 15 is 0 Å². The zero-order valence-corrected chi connectivity index (χ0v) is 11.7. The quantitative estimate of drug-likeness (QED) is 0.506. The van der Waals surface area contributed by atoms with Gasteiger partial charge in [0.05, 0.1) is 7.11 Å². The van der Waals surface area contributed by atoms with Crippen molar-refractivity contribution in [3.8, 4) is 0 Å². The van der Waals surface area contributed by atoms with Crippen LogP contribution in [-0.2, 0) is 14.3 Å². The molecule has 1 aromatic heterocycles. The predicted molar refractivity (Wildman–Crippen MR) is 66.1 cm³/mol. The molecule has 8 nitrogen and oxygen atoms in total. The largest absolute Gasteiger partial charge is 0.463 e. The fourth-order valence-corrected chi connectivity index (χ4v) is 1.49. The molecule has 0 fully saturated rings. The Bertz CT molecular complexity index is 506. The van der Waals surface area contributed by atoms with E-state index in [1.807, 2.05) is 0 Å². The molecule has 0 spiro atoms. The molecule has 0 saturated carbocycles. The molecule has 19 heavy (non-hydrogen) atoms. The minimum Gasteiger partial charge on any atom is -0.463 e. The summed E-state index contributed by atoms with van der Waals surface area (Å²) in [6.45, 7) is 5.12. The SMILES string of the molecule is COC(=O)C(=O)c1nsc(NC(=O)OC(C)(C)C)n1. The number of anilines is 1. The van der Waals surface area contributed by atoms with Gasteiger partial charge in [0.1, 0.15) is 5.60 Å². The van der Waals surface area contributed by atoms with Crippen LogP contribution in [0.2, 0.25) is 0 Å². The smallest absolute Gasteiger partial charge is 0.414 e. The fourth-order valence-electron chi connectivity index (χ4n) is 0.941. The standard InChI is InChI=1S/C10H13N3O5S/c1-10(2,3)18-9(16)12-8-11-6(13-19-8)5(14)7(15)17-4/h1-4H3,(H,11,12,13,16). The van der Waals surface area contributed by atoms with Crippen LogP contribution in [0.3, 0.4) is 0 Å². The number of amides is 1. The van der Waals surface area contributed by atoms with Gasteiger partial charge in [0.25, 0.3) is 0 Å². The number of ether oxygens (including phenoxy) is 2. The maximum Gasteiger partial charge on any atom is 0.414 e. The number of rotatable bonds is 3. The summed E-state index contributed by atoms with van der Waals surface area (Å²) in [6, 6.07) is 0. The molecule has 1 N–H and O–H groups in total. The molecule has 1 amide bonds. The topological polar surface area (TPSA) is 107 Å². The van der Waals surface area contributed by atoms with Crippen LogP contribution in [-0.4, -0.2) is 39.9 Å². The summed E-state index contributed by atoms with van der Waals surface area (Å²) in [5, 5.41) is 2.37.